The number of hydrogen-bond acceptors (Lipinski definition) is 4. The molecule has 1 unspecified atom stereocenters. The van der Waals surface area contributed by atoms with Crippen LogP contribution in [0.25, 0.3) is 6.08 Å². The van der Waals surface area contributed by atoms with Crippen LogP contribution in [0.3, 0.4) is 0 Å². The van der Waals surface area contributed by atoms with Crippen LogP contribution in [0.5, 0.6) is 0 Å². The average Bonchev–Trinajstić information content (AvgIpc) is 3.54. The first-order valence-electron chi connectivity index (χ1n) is 15.7. The lowest BCUT2D eigenvalue weighted by Crippen LogP contribution is -2.51. The van der Waals surface area contributed by atoms with Crippen LogP contribution in [0, 0.1) is 12.8 Å². The van der Waals surface area contributed by atoms with Gasteiger partial charge in [0, 0.05) is 23.0 Å². The molecule has 3 heterocycles. The van der Waals surface area contributed by atoms with Gasteiger partial charge in [-0.1, -0.05) is 133 Å². The van der Waals surface area contributed by atoms with Gasteiger partial charge in [0.1, 0.15) is 11.5 Å². The molecule has 5 aromatic carbocycles. The van der Waals surface area contributed by atoms with Gasteiger partial charge >= 0.3 is 0 Å². The molecule has 0 aliphatic carbocycles. The van der Waals surface area contributed by atoms with Crippen LogP contribution in [0.2, 0.25) is 0 Å². The van der Waals surface area contributed by atoms with Gasteiger partial charge in [-0.05, 0) is 41.3 Å². The van der Waals surface area contributed by atoms with Gasteiger partial charge in [-0.25, -0.2) is 0 Å². The van der Waals surface area contributed by atoms with Crippen molar-refractivity contribution in [2.24, 2.45) is 5.92 Å². The number of aryl methyl sites for hydroxylation is 1. The predicted molar refractivity (Wildman–Crippen MR) is 179 cm³/mol. The number of hydrogen-bond donors (Lipinski definition) is 0. The van der Waals surface area contributed by atoms with Crippen molar-refractivity contribution in [1.29, 1.82) is 0 Å². The highest BCUT2D eigenvalue weighted by Crippen LogP contribution is 2.63. The van der Waals surface area contributed by atoms with E-state index in [0.29, 0.717) is 17.7 Å². The predicted octanol–water partition coefficient (Wildman–Crippen LogP) is 7.57. The van der Waals surface area contributed by atoms with Crippen molar-refractivity contribution in [2.75, 3.05) is 4.90 Å². The molecule has 1 spiro atoms. The maximum absolute atomic E-state index is 15.6. The minimum atomic E-state index is -1.38. The Balaban J connectivity index is 1.44. The maximum Gasteiger partial charge on any atom is 0.241 e. The number of amides is 1. The maximum atomic E-state index is 15.6. The summed E-state index contributed by atoms with van der Waals surface area (Å²) in [6, 6.07) is 40.8. The van der Waals surface area contributed by atoms with E-state index in [2.05, 4.69) is 6.07 Å². The van der Waals surface area contributed by atoms with Crippen molar-refractivity contribution >= 4 is 29.2 Å². The van der Waals surface area contributed by atoms with Crippen molar-refractivity contribution in [3.63, 3.8) is 0 Å². The second-order valence-electron chi connectivity index (χ2n) is 12.4. The van der Waals surface area contributed by atoms with Gasteiger partial charge < -0.3 is 9.80 Å². The summed E-state index contributed by atoms with van der Waals surface area (Å²) in [5.41, 5.74) is 5.08. The molecule has 8 rings (SSSR count). The van der Waals surface area contributed by atoms with E-state index in [1.807, 2.05) is 132 Å². The molecule has 1 saturated heterocycles. The van der Waals surface area contributed by atoms with Gasteiger partial charge in [-0.3, -0.25) is 14.4 Å². The number of anilines is 1. The standard InChI is InChI=1S/C41H32N2O3/c1-27-21-22-34-33(25-27)41(40(46)43(34)26-28-13-5-2-6-14-28)35(37(44)30-16-7-3-8-17-30)36(38(45)31-18-9-4-10-19-31)42-24-23-29-15-11-12-20-32(29)39(41)42/h2-25,35-36,39H,26H2,1H3/t35-,36-,39?,41-/m0/s1. The molecule has 5 heteroatoms. The zero-order chi connectivity index (χ0) is 31.4. The van der Waals surface area contributed by atoms with Gasteiger partial charge in [0.25, 0.3) is 0 Å². The first-order valence-corrected chi connectivity index (χ1v) is 15.7. The molecule has 1 fully saturated rings. The monoisotopic (exact) mass is 600 g/mol. The number of carbonyl (C=O) groups is 3. The molecule has 3 aliphatic heterocycles. The Hall–Kier alpha value is -5.55. The summed E-state index contributed by atoms with van der Waals surface area (Å²) in [5, 5.41) is 0. The minimum absolute atomic E-state index is 0.158. The summed E-state index contributed by atoms with van der Waals surface area (Å²) in [5.74, 6) is -1.55. The highest BCUT2D eigenvalue weighted by atomic mass is 16.2. The smallest absolute Gasteiger partial charge is 0.241 e. The van der Waals surface area contributed by atoms with Crippen molar-refractivity contribution < 1.29 is 14.4 Å². The SMILES string of the molecule is Cc1ccc2c(c1)[C@@]1(C(=O)N2Cc2ccccc2)C2c3ccccc3C=CN2[C@H](C(=O)c2ccccc2)[C@H]1C(=O)c1ccccc1. The second kappa shape index (κ2) is 10.8. The van der Waals surface area contributed by atoms with E-state index >= 15 is 9.59 Å². The third-order valence-electron chi connectivity index (χ3n) is 9.91. The Morgan fingerprint density at radius 3 is 2.02 bits per heavy atom. The molecular weight excluding hydrogens is 568 g/mol. The van der Waals surface area contributed by atoms with Crippen molar-refractivity contribution in [2.45, 2.75) is 31.0 Å². The minimum Gasteiger partial charge on any atom is -0.358 e. The average molecular weight is 601 g/mol. The first kappa shape index (κ1) is 28.0. The molecule has 0 aromatic heterocycles. The summed E-state index contributed by atoms with van der Waals surface area (Å²) < 4.78 is 0. The van der Waals surface area contributed by atoms with Crippen LogP contribution < -0.4 is 4.90 Å². The molecule has 0 N–H and O–H groups in total. The van der Waals surface area contributed by atoms with Gasteiger partial charge in [0.15, 0.2) is 11.6 Å². The molecule has 0 radical (unpaired) electrons. The number of nitrogens with zero attached hydrogens (tertiary/aromatic N) is 2. The van der Waals surface area contributed by atoms with E-state index in [4.69, 9.17) is 0 Å². The zero-order valence-electron chi connectivity index (χ0n) is 25.4. The molecule has 224 valence electrons. The van der Waals surface area contributed by atoms with Crippen molar-refractivity contribution in [1.82, 2.24) is 4.90 Å². The van der Waals surface area contributed by atoms with E-state index in [1.165, 1.54) is 0 Å². The lowest BCUT2D eigenvalue weighted by Gasteiger charge is -2.39. The van der Waals surface area contributed by atoms with Crippen LogP contribution in [-0.4, -0.2) is 28.4 Å². The van der Waals surface area contributed by atoms with Gasteiger partial charge in [0.05, 0.1) is 18.5 Å². The van der Waals surface area contributed by atoms with E-state index in [1.54, 1.807) is 24.3 Å². The Bertz CT molecular complexity index is 2020. The van der Waals surface area contributed by atoms with Gasteiger partial charge in [-0.2, -0.15) is 0 Å². The van der Waals surface area contributed by atoms with E-state index in [9.17, 15) is 4.79 Å². The molecule has 5 aromatic rings. The highest BCUT2D eigenvalue weighted by molar-refractivity contribution is 6.17. The lowest BCUT2D eigenvalue weighted by molar-refractivity contribution is -0.125. The van der Waals surface area contributed by atoms with E-state index < -0.39 is 23.4 Å². The summed E-state index contributed by atoms with van der Waals surface area (Å²) in [4.78, 5) is 49.4. The highest BCUT2D eigenvalue weighted by Gasteiger charge is 2.72. The number of rotatable bonds is 6. The Labute approximate surface area is 268 Å². The Morgan fingerprint density at radius 1 is 0.717 bits per heavy atom. The third-order valence-corrected chi connectivity index (χ3v) is 9.91. The van der Waals surface area contributed by atoms with E-state index in [0.717, 1.165) is 33.5 Å². The summed E-state index contributed by atoms with van der Waals surface area (Å²) in [6.45, 7) is 2.37. The Morgan fingerprint density at radius 2 is 1.33 bits per heavy atom. The topological polar surface area (TPSA) is 57.7 Å². The van der Waals surface area contributed by atoms with Gasteiger partial charge in [0.2, 0.25) is 5.91 Å². The molecule has 0 saturated carbocycles. The molecule has 46 heavy (non-hydrogen) atoms. The number of Topliss-reactive ketones (excluding diaryl/α,β-unsaturated/α-hetero) is 2. The van der Waals surface area contributed by atoms with Crippen LogP contribution in [-0.2, 0) is 16.8 Å². The number of ketones is 2. The largest absolute Gasteiger partial charge is 0.358 e. The summed E-state index contributed by atoms with van der Waals surface area (Å²) in [7, 11) is 0. The molecule has 4 atom stereocenters. The number of benzene rings is 5. The first-order chi connectivity index (χ1) is 22.5. The fourth-order valence-corrected chi connectivity index (χ4v) is 7.99. The third kappa shape index (κ3) is 4.05. The van der Waals surface area contributed by atoms with Crippen LogP contribution >= 0.6 is 0 Å². The molecular formula is C41H32N2O3. The zero-order valence-corrected chi connectivity index (χ0v) is 25.4. The number of carbonyl (C=O) groups excluding carboxylic acids is 3. The lowest BCUT2D eigenvalue weighted by atomic mass is 9.62. The van der Waals surface area contributed by atoms with Gasteiger partial charge in [-0.15, -0.1) is 0 Å². The molecule has 5 nitrogen and oxygen atoms in total. The van der Waals surface area contributed by atoms with Crippen LogP contribution in [0.15, 0.2) is 140 Å². The normalized spacial score (nSPS) is 22.5. The van der Waals surface area contributed by atoms with Crippen molar-refractivity contribution in [3.05, 3.63) is 179 Å². The fraction of sp³-hybridized carbons (Fsp3) is 0.146. The van der Waals surface area contributed by atoms with Crippen LogP contribution in [0.1, 0.15) is 54.6 Å². The van der Waals surface area contributed by atoms with E-state index in [-0.39, 0.29) is 17.5 Å². The molecule has 1 amide bonds. The summed E-state index contributed by atoms with van der Waals surface area (Å²) >= 11 is 0. The van der Waals surface area contributed by atoms with Crippen LogP contribution in [0.4, 0.5) is 5.69 Å². The van der Waals surface area contributed by atoms with Crippen molar-refractivity contribution in [3.8, 4) is 0 Å². The fourth-order valence-electron chi connectivity index (χ4n) is 7.99. The quantitative estimate of drug-likeness (QED) is 0.189. The summed E-state index contributed by atoms with van der Waals surface area (Å²) in [6.07, 6.45) is 3.93. The number of fused-ring (bicyclic) bond motifs is 6. The molecule has 3 aliphatic rings. The molecule has 0 bridgehead atoms. The second-order valence-corrected chi connectivity index (χ2v) is 12.4. The Kier molecular flexibility index (Phi) is 6.57.